The van der Waals surface area contributed by atoms with Crippen molar-refractivity contribution in [3.63, 3.8) is 0 Å². The molecule has 20 heavy (non-hydrogen) atoms. The van der Waals surface area contributed by atoms with E-state index in [9.17, 15) is 0 Å². The number of halogens is 1. The molecule has 0 amide bonds. The summed E-state index contributed by atoms with van der Waals surface area (Å²) in [5.74, 6) is 0.906. The minimum Gasteiger partial charge on any atom is -0.313 e. The molecule has 108 valence electrons. The molecular weight excluding hydrogens is 310 g/mol. The van der Waals surface area contributed by atoms with Crippen molar-refractivity contribution in [1.82, 2.24) is 14.7 Å². The second kappa shape index (κ2) is 7.98. The first-order valence-corrected chi connectivity index (χ1v) is 8.69. The standard InChI is InChI=1S/C14H18ClN3S2/c1-3-7-16-9-10-5-6-11(8-12(10)15)19-14-17-13(4-2)18-20-14/h5-6,8,16H,3-4,7,9H2,1-2H3. The molecule has 0 aliphatic carbocycles. The quantitative estimate of drug-likeness (QED) is 0.765. The molecule has 1 aromatic carbocycles. The molecule has 0 atom stereocenters. The molecular formula is C14H18ClN3S2. The third kappa shape index (κ3) is 4.45. The first-order valence-electron chi connectivity index (χ1n) is 6.72. The summed E-state index contributed by atoms with van der Waals surface area (Å²) >= 11 is 9.38. The summed E-state index contributed by atoms with van der Waals surface area (Å²) in [4.78, 5) is 5.56. The fraction of sp³-hybridized carbons (Fsp3) is 0.429. The minimum absolute atomic E-state index is 0.804. The summed E-state index contributed by atoms with van der Waals surface area (Å²) in [6.07, 6.45) is 2.00. The van der Waals surface area contributed by atoms with Gasteiger partial charge in [0.15, 0.2) is 4.34 Å². The average molecular weight is 328 g/mol. The van der Waals surface area contributed by atoms with Crippen molar-refractivity contribution < 1.29 is 0 Å². The van der Waals surface area contributed by atoms with E-state index >= 15 is 0 Å². The number of aromatic nitrogens is 2. The molecule has 0 unspecified atom stereocenters. The van der Waals surface area contributed by atoms with Crippen LogP contribution in [0.15, 0.2) is 27.4 Å². The number of rotatable bonds is 7. The maximum atomic E-state index is 6.32. The van der Waals surface area contributed by atoms with Crippen molar-refractivity contribution in [2.45, 2.75) is 42.5 Å². The molecule has 3 nitrogen and oxygen atoms in total. The van der Waals surface area contributed by atoms with Gasteiger partial charge in [0.05, 0.1) is 0 Å². The first kappa shape index (κ1) is 15.8. The number of hydrogen-bond donors (Lipinski definition) is 1. The summed E-state index contributed by atoms with van der Waals surface area (Å²) in [5, 5.41) is 4.17. The largest absolute Gasteiger partial charge is 0.313 e. The van der Waals surface area contributed by atoms with Gasteiger partial charge in [-0.3, -0.25) is 0 Å². The number of hydrogen-bond acceptors (Lipinski definition) is 5. The van der Waals surface area contributed by atoms with Crippen molar-refractivity contribution >= 4 is 34.9 Å². The Hall–Kier alpha value is -0.620. The van der Waals surface area contributed by atoms with Crippen LogP contribution in [-0.4, -0.2) is 15.9 Å². The van der Waals surface area contributed by atoms with Crippen molar-refractivity contribution in [3.05, 3.63) is 34.6 Å². The zero-order valence-electron chi connectivity index (χ0n) is 11.6. The van der Waals surface area contributed by atoms with Crippen LogP contribution in [0, 0.1) is 0 Å². The van der Waals surface area contributed by atoms with Crippen LogP contribution < -0.4 is 5.32 Å². The van der Waals surface area contributed by atoms with E-state index in [2.05, 4.69) is 40.7 Å². The van der Waals surface area contributed by atoms with E-state index in [1.807, 2.05) is 6.07 Å². The van der Waals surface area contributed by atoms with Gasteiger partial charge < -0.3 is 5.32 Å². The van der Waals surface area contributed by atoms with Crippen LogP contribution in [0.25, 0.3) is 0 Å². The highest BCUT2D eigenvalue weighted by molar-refractivity contribution is 8.01. The Morgan fingerprint density at radius 1 is 1.35 bits per heavy atom. The fourth-order valence-corrected chi connectivity index (χ4v) is 3.69. The molecule has 1 heterocycles. The van der Waals surface area contributed by atoms with Crippen LogP contribution in [0.3, 0.4) is 0 Å². The Labute approximate surface area is 133 Å². The van der Waals surface area contributed by atoms with Crippen molar-refractivity contribution in [2.75, 3.05) is 6.54 Å². The van der Waals surface area contributed by atoms with Crippen LogP contribution in [0.4, 0.5) is 0 Å². The number of aryl methyl sites for hydroxylation is 1. The van der Waals surface area contributed by atoms with E-state index in [-0.39, 0.29) is 0 Å². The summed E-state index contributed by atoms with van der Waals surface area (Å²) in [6, 6.07) is 6.17. The van der Waals surface area contributed by atoms with Gasteiger partial charge >= 0.3 is 0 Å². The van der Waals surface area contributed by atoms with Gasteiger partial charge in [0.25, 0.3) is 0 Å². The van der Waals surface area contributed by atoms with E-state index in [0.29, 0.717) is 0 Å². The Balaban J connectivity index is 2.01. The Kier molecular flexibility index (Phi) is 6.29. The summed E-state index contributed by atoms with van der Waals surface area (Å²) < 4.78 is 5.25. The van der Waals surface area contributed by atoms with E-state index in [1.54, 1.807) is 11.8 Å². The van der Waals surface area contributed by atoms with E-state index in [1.165, 1.54) is 11.5 Å². The normalized spacial score (nSPS) is 10.9. The van der Waals surface area contributed by atoms with Gasteiger partial charge in [-0.25, -0.2) is 4.98 Å². The Bertz CT molecular complexity index is 557. The Morgan fingerprint density at radius 2 is 2.20 bits per heavy atom. The molecule has 0 saturated heterocycles. The van der Waals surface area contributed by atoms with Gasteiger partial charge in [0.2, 0.25) is 0 Å². The molecule has 0 aliphatic rings. The van der Waals surface area contributed by atoms with Crippen molar-refractivity contribution in [2.24, 2.45) is 0 Å². The zero-order valence-corrected chi connectivity index (χ0v) is 14.0. The molecule has 0 saturated carbocycles. The van der Waals surface area contributed by atoms with E-state index < -0.39 is 0 Å². The highest BCUT2D eigenvalue weighted by Gasteiger charge is 2.07. The second-order valence-corrected chi connectivity index (χ2v) is 6.84. The molecule has 6 heteroatoms. The van der Waals surface area contributed by atoms with E-state index in [0.717, 1.165) is 51.6 Å². The number of nitrogens with zero attached hydrogens (tertiary/aromatic N) is 2. The summed E-state index contributed by atoms with van der Waals surface area (Å²) in [6.45, 7) is 6.04. The molecule has 0 fully saturated rings. The molecule has 0 spiro atoms. The van der Waals surface area contributed by atoms with E-state index in [4.69, 9.17) is 11.6 Å². The van der Waals surface area contributed by atoms with Gasteiger partial charge in [-0.1, -0.05) is 43.3 Å². The maximum absolute atomic E-state index is 6.32. The lowest BCUT2D eigenvalue weighted by Crippen LogP contribution is -2.13. The minimum atomic E-state index is 0.804. The number of nitrogens with one attached hydrogen (secondary N) is 1. The third-order valence-corrected chi connectivity index (χ3v) is 4.87. The lowest BCUT2D eigenvalue weighted by Gasteiger charge is -2.07. The molecule has 0 bridgehead atoms. The van der Waals surface area contributed by atoms with Crippen molar-refractivity contribution in [3.8, 4) is 0 Å². The van der Waals surface area contributed by atoms with Crippen LogP contribution in [0.1, 0.15) is 31.7 Å². The lowest BCUT2D eigenvalue weighted by atomic mass is 10.2. The first-order chi connectivity index (χ1) is 9.72. The second-order valence-electron chi connectivity index (χ2n) is 4.36. The van der Waals surface area contributed by atoms with Gasteiger partial charge in [0.1, 0.15) is 5.82 Å². The van der Waals surface area contributed by atoms with Gasteiger partial charge in [-0.05, 0) is 42.2 Å². The summed E-state index contributed by atoms with van der Waals surface area (Å²) in [5.41, 5.74) is 1.14. The topological polar surface area (TPSA) is 37.8 Å². The maximum Gasteiger partial charge on any atom is 0.174 e. The molecule has 2 rings (SSSR count). The highest BCUT2D eigenvalue weighted by atomic mass is 35.5. The van der Waals surface area contributed by atoms with Gasteiger partial charge in [-0.2, -0.15) is 4.37 Å². The van der Waals surface area contributed by atoms with Crippen LogP contribution in [-0.2, 0) is 13.0 Å². The lowest BCUT2D eigenvalue weighted by molar-refractivity contribution is 0.675. The number of benzene rings is 1. The SMILES string of the molecule is CCCNCc1ccc(Sc2nc(CC)ns2)cc1Cl. The average Bonchev–Trinajstić information content (AvgIpc) is 2.89. The van der Waals surface area contributed by atoms with Crippen LogP contribution in [0.5, 0.6) is 0 Å². The fourth-order valence-electron chi connectivity index (χ4n) is 1.66. The molecule has 1 aromatic heterocycles. The smallest absolute Gasteiger partial charge is 0.174 e. The summed E-state index contributed by atoms with van der Waals surface area (Å²) in [7, 11) is 0. The highest BCUT2D eigenvalue weighted by Crippen LogP contribution is 2.31. The van der Waals surface area contributed by atoms with Crippen molar-refractivity contribution in [1.29, 1.82) is 0 Å². The molecule has 1 N–H and O–H groups in total. The van der Waals surface area contributed by atoms with Crippen LogP contribution in [0.2, 0.25) is 5.02 Å². The molecule has 0 aliphatic heterocycles. The predicted octanol–water partition coefficient (Wildman–Crippen LogP) is 4.40. The third-order valence-electron chi connectivity index (χ3n) is 2.74. The van der Waals surface area contributed by atoms with Gasteiger partial charge in [-0.15, -0.1) is 0 Å². The zero-order chi connectivity index (χ0) is 14.4. The Morgan fingerprint density at radius 3 is 2.85 bits per heavy atom. The van der Waals surface area contributed by atoms with Gasteiger partial charge in [0, 0.05) is 22.9 Å². The predicted molar refractivity (Wildman–Crippen MR) is 86.9 cm³/mol. The van der Waals surface area contributed by atoms with Crippen LogP contribution >= 0.6 is 34.9 Å². The monoisotopic (exact) mass is 327 g/mol. The molecule has 2 aromatic rings. The molecule has 0 radical (unpaired) electrons.